The third-order valence-electron chi connectivity index (χ3n) is 3.43. The van der Waals surface area contributed by atoms with Crippen molar-refractivity contribution in [2.45, 2.75) is 38.3 Å². The molecule has 0 spiro atoms. The van der Waals surface area contributed by atoms with Gasteiger partial charge >= 0.3 is 0 Å². The van der Waals surface area contributed by atoms with E-state index in [1.165, 1.54) is 6.08 Å². The molecule has 0 aliphatic carbocycles. The van der Waals surface area contributed by atoms with Gasteiger partial charge in [-0.25, -0.2) is 0 Å². The Labute approximate surface area is 92.5 Å². The number of carbonyl (C=O) groups excluding carboxylic acids is 2. The van der Waals surface area contributed by atoms with Gasteiger partial charge in [0.25, 0.3) is 5.91 Å². The van der Waals surface area contributed by atoms with Crippen molar-refractivity contribution >= 4 is 11.7 Å². The predicted octanol–water partition coefficient (Wildman–Crippen LogP) is 1.53. The van der Waals surface area contributed by atoms with Crippen LogP contribution in [0.3, 0.4) is 0 Å². The molecule has 0 saturated carbocycles. The molecule has 2 aliphatic rings. The average molecular weight is 220 g/mol. The first-order valence-electron chi connectivity index (χ1n) is 5.15. The molecule has 0 unspecified atom stereocenters. The lowest BCUT2D eigenvalue weighted by Crippen LogP contribution is -2.44. The van der Waals surface area contributed by atoms with E-state index in [2.05, 4.69) is 10.0 Å². The van der Waals surface area contributed by atoms with E-state index in [9.17, 15) is 9.59 Å². The summed E-state index contributed by atoms with van der Waals surface area (Å²) in [5.74, 6) is -0.748. The number of amides is 1. The van der Waals surface area contributed by atoms with Gasteiger partial charge in [0.15, 0.2) is 5.78 Å². The van der Waals surface area contributed by atoms with E-state index >= 15 is 0 Å². The fourth-order valence-electron chi connectivity index (χ4n) is 2.58. The van der Waals surface area contributed by atoms with E-state index in [-0.39, 0.29) is 17.5 Å². The van der Waals surface area contributed by atoms with E-state index in [4.69, 9.17) is 5.53 Å². The molecular formula is C10H12N4O2. The summed E-state index contributed by atoms with van der Waals surface area (Å²) >= 11 is 0. The van der Waals surface area contributed by atoms with Crippen molar-refractivity contribution in [3.05, 3.63) is 22.2 Å². The van der Waals surface area contributed by atoms with Crippen LogP contribution in [0.25, 0.3) is 10.4 Å². The summed E-state index contributed by atoms with van der Waals surface area (Å²) in [6, 6.07) is 0.126. The lowest BCUT2D eigenvalue weighted by molar-refractivity contribution is -0.121. The molecule has 1 saturated heterocycles. The normalized spacial score (nSPS) is 32.1. The summed E-state index contributed by atoms with van der Waals surface area (Å²) in [4.78, 5) is 27.6. The fraction of sp³-hybridized carbons (Fsp3) is 0.600. The minimum atomic E-state index is -0.673. The Bertz CT molecular complexity index is 450. The van der Waals surface area contributed by atoms with Crippen molar-refractivity contribution in [1.29, 1.82) is 0 Å². The van der Waals surface area contributed by atoms with E-state index in [1.54, 1.807) is 4.90 Å². The number of carbonyl (C=O) groups is 2. The largest absolute Gasteiger partial charge is 0.353 e. The molecule has 2 rings (SSSR count). The minimum Gasteiger partial charge on any atom is -0.353 e. The van der Waals surface area contributed by atoms with Crippen LogP contribution in [-0.4, -0.2) is 28.2 Å². The maximum Gasteiger partial charge on any atom is 0.265 e. The molecule has 16 heavy (non-hydrogen) atoms. The van der Waals surface area contributed by atoms with E-state index in [1.807, 2.05) is 13.8 Å². The molecule has 0 radical (unpaired) electrons. The van der Waals surface area contributed by atoms with Crippen LogP contribution in [0.4, 0.5) is 0 Å². The highest BCUT2D eigenvalue weighted by molar-refractivity contribution is 6.09. The van der Waals surface area contributed by atoms with Crippen molar-refractivity contribution in [3.8, 4) is 0 Å². The van der Waals surface area contributed by atoms with Gasteiger partial charge in [-0.3, -0.25) is 9.59 Å². The summed E-state index contributed by atoms with van der Waals surface area (Å²) in [7, 11) is 0. The molecular weight excluding hydrogens is 208 g/mol. The standard InChI is InChI=1S/C10H12N4O2/c1-6-3-4-10(2)8(15)5-7(14(6)10)9(16)12-13-11/h5-6H,3-4H2,1-2H3/t6-,10-/m0/s1. The molecule has 6 nitrogen and oxygen atoms in total. The maximum atomic E-state index is 11.8. The summed E-state index contributed by atoms with van der Waals surface area (Å²) in [6.45, 7) is 3.78. The molecule has 0 N–H and O–H groups in total. The number of ketones is 1. The number of nitrogens with zero attached hydrogens (tertiary/aromatic N) is 4. The number of azide groups is 1. The first-order chi connectivity index (χ1) is 7.50. The summed E-state index contributed by atoms with van der Waals surface area (Å²) in [6.07, 6.45) is 2.90. The summed E-state index contributed by atoms with van der Waals surface area (Å²) < 4.78 is 0. The Morgan fingerprint density at radius 2 is 2.44 bits per heavy atom. The lowest BCUT2D eigenvalue weighted by Gasteiger charge is -2.32. The van der Waals surface area contributed by atoms with Gasteiger partial charge in [0.1, 0.15) is 5.54 Å². The number of hydrogen-bond acceptors (Lipinski definition) is 3. The van der Waals surface area contributed by atoms with Gasteiger partial charge < -0.3 is 4.90 Å². The lowest BCUT2D eigenvalue weighted by atomic mass is 9.96. The highest BCUT2D eigenvalue weighted by atomic mass is 16.2. The van der Waals surface area contributed by atoms with Crippen molar-refractivity contribution in [2.75, 3.05) is 0 Å². The zero-order chi connectivity index (χ0) is 11.9. The number of fused-ring (bicyclic) bond motifs is 1. The highest BCUT2D eigenvalue weighted by Crippen LogP contribution is 2.42. The van der Waals surface area contributed by atoms with E-state index in [0.717, 1.165) is 12.8 Å². The topological polar surface area (TPSA) is 86.1 Å². The molecule has 2 heterocycles. The Hall–Kier alpha value is -1.81. The van der Waals surface area contributed by atoms with Crippen LogP contribution in [0.15, 0.2) is 16.9 Å². The van der Waals surface area contributed by atoms with Crippen molar-refractivity contribution in [3.63, 3.8) is 0 Å². The third kappa shape index (κ3) is 1.23. The van der Waals surface area contributed by atoms with Gasteiger partial charge in [0.05, 0.1) is 5.70 Å². The van der Waals surface area contributed by atoms with Gasteiger partial charge in [-0.05, 0) is 37.3 Å². The Kier molecular flexibility index (Phi) is 2.24. The average Bonchev–Trinajstić information content (AvgIpc) is 2.66. The quantitative estimate of drug-likeness (QED) is 0.381. The molecule has 84 valence electrons. The summed E-state index contributed by atoms with van der Waals surface area (Å²) in [5, 5.41) is 3.05. The molecule has 0 bridgehead atoms. The van der Waals surface area contributed by atoms with Gasteiger partial charge in [-0.2, -0.15) is 0 Å². The van der Waals surface area contributed by atoms with E-state index < -0.39 is 11.4 Å². The third-order valence-corrected chi connectivity index (χ3v) is 3.43. The van der Waals surface area contributed by atoms with Crippen LogP contribution in [0.5, 0.6) is 0 Å². The Morgan fingerprint density at radius 3 is 3.06 bits per heavy atom. The SMILES string of the molecule is C[C@H]1CC[C@@]2(C)C(=O)C=C(C(=O)N=[N+]=[N-])N12. The second-order valence-electron chi connectivity index (χ2n) is 4.42. The van der Waals surface area contributed by atoms with Crippen molar-refractivity contribution < 1.29 is 9.59 Å². The van der Waals surface area contributed by atoms with Crippen LogP contribution in [0.2, 0.25) is 0 Å². The molecule has 1 amide bonds. The first kappa shape index (κ1) is 10.7. The van der Waals surface area contributed by atoms with Gasteiger partial charge in [0, 0.05) is 17.0 Å². The van der Waals surface area contributed by atoms with Gasteiger partial charge in [-0.1, -0.05) is 0 Å². The molecule has 1 fully saturated rings. The van der Waals surface area contributed by atoms with E-state index in [0.29, 0.717) is 0 Å². The van der Waals surface area contributed by atoms with Crippen molar-refractivity contribution in [1.82, 2.24) is 4.90 Å². The zero-order valence-electron chi connectivity index (χ0n) is 9.17. The van der Waals surface area contributed by atoms with Crippen LogP contribution in [0, 0.1) is 0 Å². The molecule has 6 heteroatoms. The van der Waals surface area contributed by atoms with Crippen LogP contribution in [0.1, 0.15) is 26.7 Å². The maximum absolute atomic E-state index is 11.8. The molecule has 0 aromatic heterocycles. The monoisotopic (exact) mass is 220 g/mol. The molecule has 0 aromatic carbocycles. The number of hydrogen-bond donors (Lipinski definition) is 0. The molecule has 2 aliphatic heterocycles. The first-order valence-corrected chi connectivity index (χ1v) is 5.15. The van der Waals surface area contributed by atoms with Gasteiger partial charge in [-0.15, -0.1) is 0 Å². The Morgan fingerprint density at radius 1 is 1.75 bits per heavy atom. The molecule has 0 aromatic rings. The fourth-order valence-corrected chi connectivity index (χ4v) is 2.58. The predicted molar refractivity (Wildman–Crippen MR) is 56.2 cm³/mol. The van der Waals surface area contributed by atoms with Crippen LogP contribution >= 0.6 is 0 Å². The van der Waals surface area contributed by atoms with Crippen molar-refractivity contribution in [2.24, 2.45) is 5.11 Å². The van der Waals surface area contributed by atoms with Crippen LogP contribution in [-0.2, 0) is 9.59 Å². The Balaban J connectivity index is 2.42. The van der Waals surface area contributed by atoms with Crippen LogP contribution < -0.4 is 0 Å². The van der Waals surface area contributed by atoms with Gasteiger partial charge in [0.2, 0.25) is 0 Å². The minimum absolute atomic E-state index is 0.0756. The second kappa shape index (κ2) is 3.35. The highest BCUT2D eigenvalue weighted by Gasteiger charge is 2.51. The number of rotatable bonds is 1. The smallest absolute Gasteiger partial charge is 0.265 e. The second-order valence-corrected chi connectivity index (χ2v) is 4.42. The zero-order valence-corrected chi connectivity index (χ0v) is 9.17. The molecule has 2 atom stereocenters. The summed E-state index contributed by atoms with van der Waals surface area (Å²) in [5.41, 5.74) is 7.86.